The monoisotopic (exact) mass is 481 g/mol. The minimum absolute atomic E-state index is 0.0146. The summed E-state index contributed by atoms with van der Waals surface area (Å²) in [5, 5.41) is 7.35. The van der Waals surface area contributed by atoms with Crippen molar-refractivity contribution >= 4 is 45.6 Å². The van der Waals surface area contributed by atoms with E-state index in [0.717, 1.165) is 5.69 Å². The van der Waals surface area contributed by atoms with Crippen LogP contribution < -0.4 is 15.5 Å². The third-order valence-electron chi connectivity index (χ3n) is 5.48. The van der Waals surface area contributed by atoms with E-state index >= 15 is 0 Å². The van der Waals surface area contributed by atoms with Crippen molar-refractivity contribution < 1.29 is 18.8 Å². The van der Waals surface area contributed by atoms with Crippen LogP contribution in [-0.2, 0) is 11.2 Å². The van der Waals surface area contributed by atoms with Gasteiger partial charge < -0.3 is 15.1 Å². The average molecular weight is 482 g/mol. The molecule has 8 nitrogen and oxygen atoms in total. The molecular formula is C24H24FN5O3S. The first-order chi connectivity index (χ1) is 16.4. The molecule has 2 aromatic carbocycles. The number of aromatic nitrogens is 1. The lowest BCUT2D eigenvalue weighted by Crippen LogP contribution is -2.49. The van der Waals surface area contributed by atoms with Crippen LogP contribution in [-0.4, -0.2) is 53.8 Å². The molecule has 10 heteroatoms. The van der Waals surface area contributed by atoms with E-state index in [1.165, 1.54) is 35.6 Å². The second kappa shape index (κ2) is 10.4. The molecule has 176 valence electrons. The minimum atomic E-state index is -0.494. The summed E-state index contributed by atoms with van der Waals surface area (Å²) < 4.78 is 13.0. The van der Waals surface area contributed by atoms with Gasteiger partial charge in [-0.3, -0.25) is 14.9 Å². The Balaban J connectivity index is 1.25. The molecule has 1 aliphatic rings. The quantitative estimate of drug-likeness (QED) is 0.519. The summed E-state index contributed by atoms with van der Waals surface area (Å²) in [6.45, 7) is 4.16. The van der Waals surface area contributed by atoms with Crippen LogP contribution >= 0.6 is 11.3 Å². The third kappa shape index (κ3) is 5.96. The van der Waals surface area contributed by atoms with E-state index in [2.05, 4.69) is 20.5 Å². The number of thiazole rings is 1. The summed E-state index contributed by atoms with van der Waals surface area (Å²) in [6, 6.07) is 12.5. The number of nitrogens with one attached hydrogen (secondary N) is 2. The maximum absolute atomic E-state index is 13.0. The molecular weight excluding hydrogens is 457 g/mol. The van der Waals surface area contributed by atoms with Crippen molar-refractivity contribution in [2.75, 3.05) is 41.7 Å². The lowest BCUT2D eigenvalue weighted by atomic mass is 10.1. The Morgan fingerprint density at radius 1 is 0.971 bits per heavy atom. The number of rotatable bonds is 6. The topological polar surface area (TPSA) is 94.6 Å². The van der Waals surface area contributed by atoms with Crippen molar-refractivity contribution in [1.29, 1.82) is 0 Å². The second-order valence-corrected chi connectivity index (χ2v) is 8.74. The summed E-state index contributed by atoms with van der Waals surface area (Å²) in [6.07, 6.45) is 0.158. The van der Waals surface area contributed by atoms with Gasteiger partial charge in [-0.05, 0) is 55.5 Å². The minimum Gasteiger partial charge on any atom is -0.368 e. The predicted molar refractivity (Wildman–Crippen MR) is 130 cm³/mol. The molecule has 3 aromatic rings. The fourth-order valence-corrected chi connectivity index (χ4v) is 4.33. The number of Topliss-reactive ketones (excluding diaryl/α,β-unsaturated/α-hetero) is 1. The van der Waals surface area contributed by atoms with Gasteiger partial charge in [-0.1, -0.05) is 0 Å². The molecule has 0 bridgehead atoms. The molecule has 0 unspecified atom stereocenters. The van der Waals surface area contributed by atoms with E-state index in [1.54, 1.807) is 12.3 Å². The van der Waals surface area contributed by atoms with Crippen LogP contribution in [0.2, 0.25) is 0 Å². The second-order valence-electron chi connectivity index (χ2n) is 7.88. The summed E-state index contributed by atoms with van der Waals surface area (Å²) in [7, 11) is 0. The highest BCUT2D eigenvalue weighted by Gasteiger charge is 2.22. The van der Waals surface area contributed by atoms with E-state index in [0.29, 0.717) is 48.3 Å². The zero-order valence-corrected chi connectivity index (χ0v) is 19.4. The number of nitrogens with zero attached hydrogens (tertiary/aromatic N) is 3. The van der Waals surface area contributed by atoms with Crippen molar-refractivity contribution in [3.8, 4) is 0 Å². The molecule has 2 N–H and O–H groups in total. The van der Waals surface area contributed by atoms with Crippen LogP contribution in [0.1, 0.15) is 23.0 Å². The molecule has 0 spiro atoms. The van der Waals surface area contributed by atoms with Crippen LogP contribution in [0.25, 0.3) is 0 Å². The predicted octanol–water partition coefficient (Wildman–Crippen LogP) is 4.02. The highest BCUT2D eigenvalue weighted by atomic mass is 32.1. The summed E-state index contributed by atoms with van der Waals surface area (Å²) in [5.74, 6) is -0.361. The highest BCUT2D eigenvalue weighted by molar-refractivity contribution is 7.14. The smallest absolute Gasteiger partial charge is 0.325 e. The number of piperazine rings is 1. The Kier molecular flexibility index (Phi) is 7.17. The first-order valence-corrected chi connectivity index (χ1v) is 11.7. The van der Waals surface area contributed by atoms with E-state index in [-0.39, 0.29) is 23.9 Å². The van der Waals surface area contributed by atoms with Gasteiger partial charge in [-0.2, -0.15) is 0 Å². The van der Waals surface area contributed by atoms with Crippen LogP contribution in [0, 0.1) is 5.82 Å². The van der Waals surface area contributed by atoms with E-state index in [1.807, 2.05) is 29.2 Å². The molecule has 34 heavy (non-hydrogen) atoms. The number of urea groups is 1. The summed E-state index contributed by atoms with van der Waals surface area (Å²) >= 11 is 1.23. The van der Waals surface area contributed by atoms with Crippen molar-refractivity contribution in [1.82, 2.24) is 9.88 Å². The van der Waals surface area contributed by atoms with E-state index in [4.69, 9.17) is 0 Å². The van der Waals surface area contributed by atoms with Crippen molar-refractivity contribution in [2.45, 2.75) is 13.3 Å². The van der Waals surface area contributed by atoms with Gasteiger partial charge >= 0.3 is 6.03 Å². The Morgan fingerprint density at radius 3 is 2.29 bits per heavy atom. The normalized spacial score (nSPS) is 13.5. The van der Waals surface area contributed by atoms with E-state index < -0.39 is 6.03 Å². The summed E-state index contributed by atoms with van der Waals surface area (Å²) in [4.78, 5) is 44.6. The van der Waals surface area contributed by atoms with Gasteiger partial charge in [0.2, 0.25) is 5.91 Å². The average Bonchev–Trinajstić information content (AvgIpc) is 3.27. The number of carbonyl (C=O) groups excluding carboxylic acids is 3. The van der Waals surface area contributed by atoms with Gasteiger partial charge in [0.25, 0.3) is 0 Å². The standard InChI is InChI=1S/C24H24FN5O3S/c1-16(31)17-2-8-21(9-3-17)29-10-12-30(13-11-29)22(32)14-20-15-34-24(27-20)28-23(33)26-19-6-4-18(25)5-7-19/h2-9,15H,10-14H2,1H3,(H2,26,27,28,33). The molecule has 0 atom stereocenters. The van der Waals surface area contributed by atoms with Gasteiger partial charge in [-0.15, -0.1) is 11.3 Å². The van der Waals surface area contributed by atoms with Crippen LogP contribution in [0.5, 0.6) is 0 Å². The molecule has 1 saturated heterocycles. The first kappa shape index (κ1) is 23.4. The van der Waals surface area contributed by atoms with Gasteiger partial charge in [0, 0.05) is 48.5 Å². The molecule has 0 radical (unpaired) electrons. The zero-order chi connectivity index (χ0) is 24.1. The number of hydrogen-bond acceptors (Lipinski definition) is 6. The molecule has 0 aliphatic carbocycles. The lowest BCUT2D eigenvalue weighted by Gasteiger charge is -2.36. The third-order valence-corrected chi connectivity index (χ3v) is 6.28. The van der Waals surface area contributed by atoms with Crippen molar-refractivity contribution in [3.63, 3.8) is 0 Å². The fraction of sp³-hybridized carbons (Fsp3) is 0.250. The molecule has 3 amide bonds. The number of amides is 3. The number of benzene rings is 2. The Labute approximate surface area is 200 Å². The van der Waals surface area contributed by atoms with Gasteiger partial charge in [-0.25, -0.2) is 14.2 Å². The zero-order valence-electron chi connectivity index (χ0n) is 18.6. The van der Waals surface area contributed by atoms with Crippen LogP contribution in [0.3, 0.4) is 0 Å². The molecule has 4 rings (SSSR count). The number of hydrogen-bond donors (Lipinski definition) is 2. The SMILES string of the molecule is CC(=O)c1ccc(N2CCN(C(=O)Cc3csc(NC(=O)Nc4ccc(F)cc4)n3)CC2)cc1. The number of carbonyl (C=O) groups is 3. The lowest BCUT2D eigenvalue weighted by molar-refractivity contribution is -0.130. The van der Waals surface area contributed by atoms with Gasteiger partial charge in [0.15, 0.2) is 10.9 Å². The summed E-state index contributed by atoms with van der Waals surface area (Å²) in [5.41, 5.74) is 2.77. The first-order valence-electron chi connectivity index (χ1n) is 10.8. The van der Waals surface area contributed by atoms with E-state index in [9.17, 15) is 18.8 Å². The molecule has 1 fully saturated rings. The number of anilines is 3. The maximum atomic E-state index is 13.0. The van der Waals surface area contributed by atoms with Gasteiger partial charge in [0.05, 0.1) is 12.1 Å². The molecule has 0 saturated carbocycles. The van der Waals surface area contributed by atoms with Crippen LogP contribution in [0.4, 0.5) is 25.7 Å². The maximum Gasteiger partial charge on any atom is 0.325 e. The Hall–Kier alpha value is -3.79. The van der Waals surface area contributed by atoms with Crippen molar-refractivity contribution in [3.05, 3.63) is 71.0 Å². The number of ketones is 1. The van der Waals surface area contributed by atoms with Gasteiger partial charge in [0.1, 0.15) is 5.82 Å². The number of halogens is 1. The fourth-order valence-electron chi connectivity index (χ4n) is 3.63. The highest BCUT2D eigenvalue weighted by Crippen LogP contribution is 2.20. The Morgan fingerprint density at radius 2 is 1.65 bits per heavy atom. The molecule has 1 aromatic heterocycles. The molecule has 2 heterocycles. The largest absolute Gasteiger partial charge is 0.368 e. The van der Waals surface area contributed by atoms with Crippen LogP contribution in [0.15, 0.2) is 53.9 Å². The molecule has 1 aliphatic heterocycles. The van der Waals surface area contributed by atoms with Crippen molar-refractivity contribution in [2.24, 2.45) is 0 Å². The Bertz CT molecular complexity index is 1170.